The molecule has 0 N–H and O–H groups in total. The van der Waals surface area contributed by atoms with Gasteiger partial charge in [-0.25, -0.2) is 4.98 Å². The first-order valence-corrected chi connectivity index (χ1v) is 8.31. The van der Waals surface area contributed by atoms with Crippen LogP contribution in [0.4, 0.5) is 0 Å². The summed E-state index contributed by atoms with van der Waals surface area (Å²) in [6.07, 6.45) is 1.37. The third kappa shape index (κ3) is 2.39. The van der Waals surface area contributed by atoms with Gasteiger partial charge in [0, 0.05) is 4.88 Å². The normalized spacial score (nSPS) is 18.1. The zero-order valence-electron chi connectivity index (χ0n) is 12.9. The predicted octanol–water partition coefficient (Wildman–Crippen LogP) is 3.17. The quantitative estimate of drug-likeness (QED) is 0.725. The smallest absolute Gasteiger partial charge is 0.262 e. The lowest BCUT2D eigenvalue weighted by Crippen LogP contribution is -2.39. The van der Waals surface area contributed by atoms with Crippen molar-refractivity contribution in [2.75, 3.05) is 6.61 Å². The topological polar surface area (TPSA) is 53.4 Å². The zero-order chi connectivity index (χ0) is 16.0. The highest BCUT2D eigenvalue weighted by atomic mass is 32.1. The van der Waals surface area contributed by atoms with Gasteiger partial charge in [0.2, 0.25) is 0 Å². The van der Waals surface area contributed by atoms with Gasteiger partial charge in [0.25, 0.3) is 5.56 Å². The molecule has 3 aromatic rings. The van der Waals surface area contributed by atoms with Crippen molar-refractivity contribution in [1.82, 2.24) is 9.55 Å². The Morgan fingerprint density at radius 2 is 2.13 bits per heavy atom. The minimum Gasteiger partial charge on any atom is -0.486 e. The van der Waals surface area contributed by atoms with E-state index in [1.165, 1.54) is 11.3 Å². The largest absolute Gasteiger partial charge is 0.486 e. The standard InChI is InChI=1S/C17H16N2O3S/c1-10-7-12-16(23-10)18-9-19(17(12)20)11(2)15-8-21-13-5-3-4-6-14(13)22-15/h3-7,9,11,15H,8H2,1-2H3/t11-,15+/m1/s1. The molecule has 6 heteroatoms. The second-order valence-electron chi connectivity index (χ2n) is 5.69. The summed E-state index contributed by atoms with van der Waals surface area (Å²) >= 11 is 1.53. The summed E-state index contributed by atoms with van der Waals surface area (Å²) in [4.78, 5) is 19.0. The van der Waals surface area contributed by atoms with E-state index >= 15 is 0 Å². The van der Waals surface area contributed by atoms with Crippen molar-refractivity contribution in [1.29, 1.82) is 0 Å². The molecule has 23 heavy (non-hydrogen) atoms. The maximum Gasteiger partial charge on any atom is 0.262 e. The van der Waals surface area contributed by atoms with Crippen LogP contribution in [0.15, 0.2) is 41.5 Å². The number of thiophene rings is 1. The Labute approximate surface area is 137 Å². The maximum atomic E-state index is 12.7. The minimum atomic E-state index is -0.235. The average Bonchev–Trinajstić information content (AvgIpc) is 2.95. The fourth-order valence-electron chi connectivity index (χ4n) is 2.80. The van der Waals surface area contributed by atoms with Gasteiger partial charge in [0.15, 0.2) is 17.6 Å². The summed E-state index contributed by atoms with van der Waals surface area (Å²) in [5.74, 6) is 1.45. The van der Waals surface area contributed by atoms with Crippen molar-refractivity contribution in [3.63, 3.8) is 0 Å². The molecule has 0 unspecified atom stereocenters. The van der Waals surface area contributed by atoms with Crippen LogP contribution in [0.2, 0.25) is 0 Å². The molecule has 0 saturated carbocycles. The van der Waals surface area contributed by atoms with Crippen LogP contribution in [-0.2, 0) is 0 Å². The van der Waals surface area contributed by atoms with Crippen molar-refractivity contribution in [3.05, 3.63) is 51.9 Å². The third-order valence-electron chi connectivity index (χ3n) is 4.11. The molecule has 2 aromatic heterocycles. The van der Waals surface area contributed by atoms with E-state index in [1.807, 2.05) is 44.2 Å². The van der Waals surface area contributed by atoms with Crippen LogP contribution in [0, 0.1) is 6.92 Å². The molecule has 1 aromatic carbocycles. The number of ether oxygens (including phenoxy) is 2. The number of hydrogen-bond acceptors (Lipinski definition) is 5. The van der Waals surface area contributed by atoms with Gasteiger partial charge in [-0.05, 0) is 32.0 Å². The molecule has 118 valence electrons. The van der Waals surface area contributed by atoms with Gasteiger partial charge < -0.3 is 9.47 Å². The lowest BCUT2D eigenvalue weighted by Gasteiger charge is -2.31. The fourth-order valence-corrected chi connectivity index (χ4v) is 3.64. The van der Waals surface area contributed by atoms with Crippen molar-refractivity contribution in [3.8, 4) is 11.5 Å². The van der Waals surface area contributed by atoms with Gasteiger partial charge in [-0.3, -0.25) is 9.36 Å². The van der Waals surface area contributed by atoms with E-state index in [9.17, 15) is 4.79 Å². The lowest BCUT2D eigenvalue weighted by atomic mass is 10.1. The Morgan fingerprint density at radius 3 is 2.96 bits per heavy atom. The minimum absolute atomic E-state index is 0.0330. The summed E-state index contributed by atoms with van der Waals surface area (Å²) in [5.41, 5.74) is -0.0330. The third-order valence-corrected chi connectivity index (χ3v) is 5.07. The molecule has 0 radical (unpaired) electrons. The van der Waals surface area contributed by atoms with Crippen LogP contribution >= 0.6 is 11.3 Å². The van der Waals surface area contributed by atoms with E-state index in [-0.39, 0.29) is 17.7 Å². The average molecular weight is 328 g/mol. The van der Waals surface area contributed by atoms with Crippen LogP contribution in [-0.4, -0.2) is 22.3 Å². The highest BCUT2D eigenvalue weighted by molar-refractivity contribution is 7.18. The maximum absolute atomic E-state index is 12.7. The first kappa shape index (κ1) is 14.3. The fraction of sp³-hybridized carbons (Fsp3) is 0.294. The van der Waals surface area contributed by atoms with Crippen LogP contribution in [0.3, 0.4) is 0 Å². The Balaban J connectivity index is 1.69. The summed E-state index contributed by atoms with van der Waals surface area (Å²) in [6.45, 7) is 4.34. The Morgan fingerprint density at radius 1 is 1.35 bits per heavy atom. The van der Waals surface area contributed by atoms with Gasteiger partial charge in [0.05, 0.1) is 17.8 Å². The van der Waals surface area contributed by atoms with E-state index in [2.05, 4.69) is 4.98 Å². The highest BCUT2D eigenvalue weighted by Crippen LogP contribution is 2.33. The predicted molar refractivity (Wildman–Crippen MR) is 89.7 cm³/mol. The van der Waals surface area contributed by atoms with Gasteiger partial charge in [-0.15, -0.1) is 11.3 Å². The molecular weight excluding hydrogens is 312 g/mol. The Bertz CT molecular complexity index is 931. The van der Waals surface area contributed by atoms with Crippen molar-refractivity contribution < 1.29 is 9.47 Å². The van der Waals surface area contributed by atoms with E-state index < -0.39 is 0 Å². The molecule has 0 aliphatic carbocycles. The lowest BCUT2D eigenvalue weighted by molar-refractivity contribution is 0.0559. The molecule has 0 saturated heterocycles. The van der Waals surface area contributed by atoms with E-state index in [1.54, 1.807) is 10.9 Å². The summed E-state index contributed by atoms with van der Waals surface area (Å²) in [7, 11) is 0. The molecule has 3 heterocycles. The molecular formula is C17H16N2O3S. The zero-order valence-corrected chi connectivity index (χ0v) is 13.7. The number of benzene rings is 1. The van der Waals surface area contributed by atoms with E-state index in [4.69, 9.17) is 9.47 Å². The SMILES string of the molecule is Cc1cc2c(=O)n([C@H](C)[C@@H]3COc4ccccc4O3)cnc2s1. The molecule has 5 nitrogen and oxygen atoms in total. The van der Waals surface area contributed by atoms with Gasteiger partial charge in [-0.2, -0.15) is 0 Å². The molecule has 0 bridgehead atoms. The van der Waals surface area contributed by atoms with Crippen molar-refractivity contribution >= 4 is 21.6 Å². The first-order chi connectivity index (χ1) is 11.1. The summed E-state index contributed by atoms with van der Waals surface area (Å²) in [5, 5.41) is 0.666. The summed E-state index contributed by atoms with van der Waals surface area (Å²) < 4.78 is 13.4. The van der Waals surface area contributed by atoms with Gasteiger partial charge >= 0.3 is 0 Å². The number of fused-ring (bicyclic) bond motifs is 2. The molecule has 1 aliphatic rings. The van der Waals surface area contributed by atoms with Crippen molar-refractivity contribution in [2.24, 2.45) is 0 Å². The van der Waals surface area contributed by atoms with Crippen LogP contribution < -0.4 is 15.0 Å². The van der Waals surface area contributed by atoms with Crippen LogP contribution in [0.1, 0.15) is 17.8 Å². The highest BCUT2D eigenvalue weighted by Gasteiger charge is 2.28. The second kappa shape index (κ2) is 5.38. The number of hydrogen-bond donors (Lipinski definition) is 0. The molecule has 4 rings (SSSR count). The number of para-hydroxylation sites is 2. The molecule has 2 atom stereocenters. The molecule has 1 aliphatic heterocycles. The van der Waals surface area contributed by atoms with E-state index in [0.717, 1.165) is 15.5 Å². The summed E-state index contributed by atoms with van der Waals surface area (Å²) in [6, 6.07) is 9.29. The molecule has 0 amide bonds. The number of aromatic nitrogens is 2. The number of rotatable bonds is 2. The van der Waals surface area contributed by atoms with Crippen molar-refractivity contribution in [2.45, 2.75) is 26.0 Å². The number of nitrogens with zero attached hydrogens (tertiary/aromatic N) is 2. The molecule has 0 fully saturated rings. The monoisotopic (exact) mass is 328 g/mol. The number of aryl methyl sites for hydroxylation is 1. The second-order valence-corrected chi connectivity index (χ2v) is 6.92. The van der Waals surface area contributed by atoms with Gasteiger partial charge in [-0.1, -0.05) is 12.1 Å². The Hall–Kier alpha value is -2.34. The van der Waals surface area contributed by atoms with Crippen LogP contribution in [0.5, 0.6) is 11.5 Å². The van der Waals surface area contributed by atoms with Crippen LogP contribution in [0.25, 0.3) is 10.2 Å². The van der Waals surface area contributed by atoms with E-state index in [0.29, 0.717) is 17.7 Å². The Kier molecular flexibility index (Phi) is 3.34. The first-order valence-electron chi connectivity index (χ1n) is 7.49. The van der Waals surface area contributed by atoms with Gasteiger partial charge in [0.1, 0.15) is 11.4 Å². The molecule has 0 spiro atoms.